The molecule has 131 heavy (non-hydrogen) atoms. The lowest BCUT2D eigenvalue weighted by Crippen LogP contribution is -2.64. The maximum absolute atomic E-state index is 14.7. The predicted octanol–water partition coefficient (Wildman–Crippen LogP) is -8.62. The van der Waals surface area contributed by atoms with Gasteiger partial charge in [0, 0.05) is 42.9 Å². The highest BCUT2D eigenvalue weighted by Gasteiger charge is 2.46. The Morgan fingerprint density at radius 1 is 0.466 bits per heavy atom. The summed E-state index contributed by atoms with van der Waals surface area (Å²) < 4.78 is -1.45. The van der Waals surface area contributed by atoms with Crippen LogP contribution in [0.2, 0.25) is 0 Å². The average Bonchev–Trinajstić information content (AvgIpc) is 1.71. The number of guanidine groups is 1. The molecule has 0 unspecified atom stereocenters. The van der Waals surface area contributed by atoms with Crippen molar-refractivity contribution in [3.8, 4) is 11.5 Å². The number of hydrogen-bond acceptors (Lipinski definition) is 30. The SMILES string of the molecule is CC[C@H](C)[C@H](NC(=O)[C@H](CO)NC(=O)[C@H](Cc1ccc(O)cc1)NC(=O)[C@@H](NC(=O)[C@@H](NC(=O)[C@@H]1C[C@@H](O)CN1C(=O)[C@@H](N)C(C)C)[C@@H](C)CC)C(C)(C)S)C(=O)N[C@@H](CCCN=C(N)N)C(=O)N[C@@H](CCN)C(=O)N[C@H](C(=O)N[C@H](CCN)C(=O)N[C@@H](CCCCN)C(=O)N[C@@H](CCN)C(=O)N[C@@H](CCN)C(=O)N[C@@H](CS)C(=O)N[C@@H](Cc1ccc(O)cc1)C(=O)O)[C@@H](C)O. The van der Waals surface area contributed by atoms with Gasteiger partial charge in [0.1, 0.15) is 102 Å². The number of rotatable bonds is 59. The molecule has 3 rings (SSSR count). The van der Waals surface area contributed by atoms with Gasteiger partial charge in [0.15, 0.2) is 5.96 Å². The van der Waals surface area contributed by atoms with Gasteiger partial charge in [-0.2, -0.15) is 25.3 Å². The second-order valence-electron chi connectivity index (χ2n) is 33.3. The van der Waals surface area contributed by atoms with Crippen molar-refractivity contribution in [1.29, 1.82) is 0 Å². The first-order valence-corrected chi connectivity index (χ1v) is 44.7. The molecule has 20 atom stereocenters. The standard InChI is InChI=1S/C83H140N24O22S2/c1-10-42(5)62(103-73(120)58(39-108)101-72(119)56(35-45-17-21-47(110)22-18-45)99-79(126)65(83(8,9)131)106-77(124)63(43(6)11-2)104-75(122)60-37-49(112)38-107(60)80(127)61(89)41(3)4)76(123)97-51(16-14-34-92-82(90)91)67(114)96-55(28-33-88)71(118)105-64(44(7)109)78(125)98-54(27-32-87)69(116)93-50(15-12-13-29-84)66(113)94-52(25-30-85)68(115)95-53(26-31-86)70(117)102-59(40-130)74(121)100-57(81(128)129)36-46-19-23-48(111)24-20-46/h17-24,41-44,49-65,108-112,130-131H,10-16,25-40,84-89H2,1-9H3,(H,93,116)(H,94,113)(H,95,115)(H,96,114)(H,97,123)(H,98,125)(H,99,126)(H,100,121)(H,101,119)(H,102,117)(H,103,120)(H,104,122)(H,105,118)(H,106,124)(H,128,129)(H4,90,91,92)/t42-,43-,44+,49+,50-,51-,52-,53-,54+,55-,56-,57-,58-,59-,60-,61-,62-,63-,64-,65+/m0/s1. The molecule has 736 valence electrons. The number of aliphatic hydroxyl groups is 3. The minimum absolute atomic E-state index is 0.0214. The van der Waals surface area contributed by atoms with E-state index in [0.29, 0.717) is 24.0 Å². The van der Waals surface area contributed by atoms with Gasteiger partial charge in [-0.15, -0.1) is 0 Å². The molecule has 0 aliphatic carbocycles. The largest absolute Gasteiger partial charge is 0.508 e. The first kappa shape index (κ1) is 114. The molecule has 0 saturated carbocycles. The predicted molar refractivity (Wildman–Crippen MR) is 489 cm³/mol. The highest BCUT2D eigenvalue weighted by Crippen LogP contribution is 2.25. The number of unbranched alkanes of at least 4 members (excludes halogenated alkanes) is 1. The summed E-state index contributed by atoms with van der Waals surface area (Å²) in [7, 11) is 0. The van der Waals surface area contributed by atoms with Crippen LogP contribution in [0.25, 0.3) is 0 Å². The Balaban J connectivity index is 1.90. The monoisotopic (exact) mass is 1890 g/mol. The number of thiol groups is 2. The number of carboxylic acid groups (broad SMARTS) is 1. The number of nitrogens with two attached hydrogens (primary N) is 8. The number of phenolic OH excluding ortho intramolecular Hbond substituents is 2. The number of hydrogen-bond donors (Lipinski definition) is 30. The Morgan fingerprint density at radius 3 is 1.21 bits per heavy atom. The van der Waals surface area contributed by atoms with Gasteiger partial charge in [-0.05, 0) is 164 Å². The van der Waals surface area contributed by atoms with E-state index in [0.717, 1.165) is 6.92 Å². The third-order valence-corrected chi connectivity index (χ3v) is 22.5. The number of β-amino-alcohol motifs (C(OH)–C–C–N with tert-alkyl or cyclic N) is 1. The number of likely N-dealkylation sites (tertiary alicyclic amines) is 1. The average molecular weight is 1890 g/mol. The van der Waals surface area contributed by atoms with Gasteiger partial charge in [0.2, 0.25) is 88.6 Å². The summed E-state index contributed by atoms with van der Waals surface area (Å²) in [5.41, 5.74) is 47.6. The number of aliphatic imine (C=N–C) groups is 1. The summed E-state index contributed by atoms with van der Waals surface area (Å²) in [6.07, 6.45) is -4.10. The number of aromatic hydroxyl groups is 2. The lowest BCUT2D eigenvalue weighted by molar-refractivity contribution is -0.142. The summed E-state index contributed by atoms with van der Waals surface area (Å²) in [5, 5.41) is 97.5. The van der Waals surface area contributed by atoms with Crippen molar-refractivity contribution in [2.75, 3.05) is 58.2 Å². The third-order valence-electron chi connectivity index (χ3n) is 21.9. The normalized spacial score (nSPS) is 17.3. The topological polar surface area (TPSA) is 787 Å². The second kappa shape index (κ2) is 57.5. The number of nitrogens with zero attached hydrogens (tertiary/aromatic N) is 2. The lowest BCUT2D eigenvalue weighted by Gasteiger charge is -2.34. The zero-order valence-corrected chi connectivity index (χ0v) is 77.4. The Bertz CT molecular complexity index is 4130. The van der Waals surface area contributed by atoms with E-state index in [2.05, 4.69) is 105 Å². The molecule has 1 saturated heterocycles. The van der Waals surface area contributed by atoms with Crippen LogP contribution in [0.3, 0.4) is 0 Å². The van der Waals surface area contributed by atoms with Crippen molar-refractivity contribution >= 4 is 126 Å². The first-order valence-electron chi connectivity index (χ1n) is 43.7. The van der Waals surface area contributed by atoms with Crippen molar-refractivity contribution in [3.63, 3.8) is 0 Å². The fourth-order valence-electron chi connectivity index (χ4n) is 13.6. The van der Waals surface area contributed by atoms with Crippen LogP contribution in [-0.2, 0) is 89.6 Å². The molecule has 2 aromatic carbocycles. The van der Waals surface area contributed by atoms with Crippen LogP contribution in [0.1, 0.15) is 150 Å². The molecule has 2 aromatic rings. The molecule has 0 spiro atoms. The van der Waals surface area contributed by atoms with E-state index < -0.39 is 227 Å². The van der Waals surface area contributed by atoms with Crippen molar-refractivity contribution in [2.24, 2.45) is 68.6 Å². The van der Waals surface area contributed by atoms with E-state index in [-0.39, 0.29) is 152 Å². The molecule has 0 bridgehead atoms. The van der Waals surface area contributed by atoms with Crippen LogP contribution in [0.15, 0.2) is 53.5 Å². The Hall–Kier alpha value is -10.8. The van der Waals surface area contributed by atoms with Crippen LogP contribution in [0.5, 0.6) is 11.5 Å². The van der Waals surface area contributed by atoms with E-state index in [4.69, 9.17) is 45.9 Å². The van der Waals surface area contributed by atoms with E-state index in [1.807, 2.05) is 0 Å². The highest BCUT2D eigenvalue weighted by molar-refractivity contribution is 7.81. The minimum atomic E-state index is -1.92. The van der Waals surface area contributed by atoms with Crippen LogP contribution >= 0.6 is 25.3 Å². The molecule has 1 aliphatic rings. The molecule has 36 N–H and O–H groups in total. The highest BCUT2D eigenvalue weighted by atomic mass is 32.1. The van der Waals surface area contributed by atoms with Crippen LogP contribution < -0.4 is 120 Å². The number of aliphatic carboxylic acids is 1. The number of carboxylic acids is 1. The number of carbonyl (C=O) groups is 16. The van der Waals surface area contributed by atoms with Gasteiger partial charge in [0.05, 0.1) is 24.9 Å². The van der Waals surface area contributed by atoms with Crippen molar-refractivity contribution in [3.05, 3.63) is 59.7 Å². The maximum atomic E-state index is 14.7. The maximum Gasteiger partial charge on any atom is 0.326 e. The van der Waals surface area contributed by atoms with Gasteiger partial charge in [-0.25, -0.2) is 4.79 Å². The van der Waals surface area contributed by atoms with Gasteiger partial charge in [-0.3, -0.25) is 76.9 Å². The summed E-state index contributed by atoms with van der Waals surface area (Å²) >= 11 is 8.82. The minimum Gasteiger partial charge on any atom is -0.508 e. The van der Waals surface area contributed by atoms with Crippen LogP contribution in [0, 0.1) is 17.8 Å². The van der Waals surface area contributed by atoms with E-state index in [1.54, 1.807) is 41.5 Å². The summed E-state index contributed by atoms with van der Waals surface area (Å²) in [6.45, 7) is 11.8. The molecule has 46 nitrogen and oxygen atoms in total. The van der Waals surface area contributed by atoms with Gasteiger partial charge >= 0.3 is 5.97 Å². The molecule has 48 heteroatoms. The number of amides is 15. The molecule has 0 aromatic heterocycles. The molecule has 0 radical (unpaired) electrons. The second-order valence-corrected chi connectivity index (χ2v) is 34.8. The van der Waals surface area contributed by atoms with Gasteiger partial charge in [-0.1, -0.05) is 78.6 Å². The number of nitrogens with one attached hydrogen (secondary N) is 14. The number of benzene rings is 2. The first-order chi connectivity index (χ1) is 61.7. The number of phenols is 2. The molecular formula is C83H140N24O22S2. The fourth-order valence-corrected chi connectivity index (χ4v) is 14.1. The Morgan fingerprint density at radius 2 is 0.817 bits per heavy atom. The van der Waals surface area contributed by atoms with E-state index in [1.165, 1.54) is 67.3 Å². The van der Waals surface area contributed by atoms with Crippen molar-refractivity contribution in [1.82, 2.24) is 79.3 Å². The smallest absolute Gasteiger partial charge is 0.326 e. The number of carbonyl (C=O) groups excluding carboxylic acids is 15. The number of aliphatic hydroxyl groups excluding tert-OH is 3. The zero-order valence-electron chi connectivity index (χ0n) is 75.6. The molecule has 1 fully saturated rings. The quantitative estimate of drug-likeness (QED) is 0.0127. The van der Waals surface area contributed by atoms with E-state index in [9.17, 15) is 107 Å². The summed E-state index contributed by atoms with van der Waals surface area (Å²) in [4.78, 5) is 231. The van der Waals surface area contributed by atoms with Crippen molar-refractivity contribution < 1.29 is 107 Å². The van der Waals surface area contributed by atoms with Crippen LogP contribution in [-0.4, -0.2) is 308 Å². The third kappa shape index (κ3) is 38.1. The summed E-state index contributed by atoms with van der Waals surface area (Å²) in [6, 6.07) is -13.5. The summed E-state index contributed by atoms with van der Waals surface area (Å²) in [5.74, 6) is -18.8. The Kier molecular flexibility index (Phi) is 50.2. The fraction of sp³-hybridized carbons (Fsp3) is 0.651. The van der Waals surface area contributed by atoms with Gasteiger partial charge in [0.25, 0.3) is 0 Å². The van der Waals surface area contributed by atoms with Crippen LogP contribution in [0.4, 0.5) is 0 Å². The molecule has 1 heterocycles. The Labute approximate surface area is 772 Å². The molecule has 15 amide bonds. The van der Waals surface area contributed by atoms with Gasteiger partial charge < -0.3 is 156 Å². The molecular weight excluding hydrogens is 1750 g/mol. The zero-order chi connectivity index (χ0) is 98.9. The van der Waals surface area contributed by atoms with E-state index >= 15 is 0 Å². The van der Waals surface area contributed by atoms with Crippen molar-refractivity contribution in [2.45, 2.75) is 266 Å². The lowest BCUT2D eigenvalue weighted by atomic mass is 9.95. The molecule has 1 aliphatic heterocycles.